The van der Waals surface area contributed by atoms with E-state index in [0.717, 1.165) is 18.7 Å². The van der Waals surface area contributed by atoms with Crippen LogP contribution >= 0.6 is 11.6 Å². The van der Waals surface area contributed by atoms with E-state index in [4.69, 9.17) is 22.4 Å². The van der Waals surface area contributed by atoms with E-state index in [1.807, 2.05) is 12.1 Å². The predicted molar refractivity (Wildman–Crippen MR) is 71.7 cm³/mol. The molecule has 1 aliphatic rings. The van der Waals surface area contributed by atoms with Crippen molar-refractivity contribution in [3.63, 3.8) is 0 Å². The Morgan fingerprint density at radius 1 is 1.41 bits per heavy atom. The molecule has 1 fully saturated rings. The molecular formula is C13H19ClN2O. The molecule has 0 unspecified atom stereocenters. The number of nitrogens with two attached hydrogens (primary N) is 1. The van der Waals surface area contributed by atoms with E-state index < -0.39 is 6.04 Å². The molecule has 1 atom stereocenters. The molecule has 2 rings (SSSR count). The molecule has 3 nitrogen and oxygen atoms in total. The van der Waals surface area contributed by atoms with Gasteiger partial charge < -0.3 is 15.7 Å². The van der Waals surface area contributed by atoms with Gasteiger partial charge in [0.1, 0.15) is 0 Å². The lowest BCUT2D eigenvalue weighted by atomic mass is 10.0. The Labute approximate surface area is 107 Å². The highest BCUT2D eigenvalue weighted by molar-refractivity contribution is 6.31. The monoisotopic (exact) mass is 254 g/mol. The highest BCUT2D eigenvalue weighted by Crippen LogP contribution is 2.32. The molecule has 0 spiro atoms. The Balaban J connectivity index is 2.33. The van der Waals surface area contributed by atoms with E-state index >= 15 is 0 Å². The van der Waals surface area contributed by atoms with Gasteiger partial charge in [-0.25, -0.2) is 0 Å². The van der Waals surface area contributed by atoms with Gasteiger partial charge in [-0.3, -0.25) is 0 Å². The number of hydrogen-bond donors (Lipinski definition) is 2. The molecule has 1 aliphatic heterocycles. The highest BCUT2D eigenvalue weighted by Gasteiger charge is 2.17. The summed E-state index contributed by atoms with van der Waals surface area (Å²) in [5.41, 5.74) is 9.02. The fraction of sp³-hybridized carbons (Fsp3) is 0.538. The van der Waals surface area contributed by atoms with Crippen molar-refractivity contribution in [2.24, 2.45) is 5.73 Å². The minimum Gasteiger partial charge on any atom is -0.394 e. The van der Waals surface area contributed by atoms with E-state index in [2.05, 4.69) is 11.8 Å². The SMILES string of the molecule is Cc1cc([C@H](N)CO)c(Cl)cc1N1CCCC1. The maximum atomic E-state index is 9.09. The Kier molecular flexibility index (Phi) is 3.92. The second-order valence-corrected chi connectivity index (χ2v) is 5.05. The molecule has 17 heavy (non-hydrogen) atoms. The molecule has 0 aliphatic carbocycles. The molecule has 0 bridgehead atoms. The van der Waals surface area contributed by atoms with Crippen LogP contribution in [0.25, 0.3) is 0 Å². The minimum absolute atomic E-state index is 0.0811. The highest BCUT2D eigenvalue weighted by atomic mass is 35.5. The van der Waals surface area contributed by atoms with Crippen LogP contribution in [0.5, 0.6) is 0 Å². The molecule has 0 aromatic heterocycles. The van der Waals surface area contributed by atoms with Crippen LogP contribution in [0.2, 0.25) is 5.02 Å². The van der Waals surface area contributed by atoms with Gasteiger partial charge in [0.15, 0.2) is 0 Å². The average Bonchev–Trinajstić information content (AvgIpc) is 2.84. The molecule has 0 saturated carbocycles. The van der Waals surface area contributed by atoms with Crippen molar-refractivity contribution in [3.05, 3.63) is 28.3 Å². The maximum absolute atomic E-state index is 9.09. The third-order valence-electron chi connectivity index (χ3n) is 3.36. The van der Waals surface area contributed by atoms with Gasteiger partial charge in [0.2, 0.25) is 0 Å². The van der Waals surface area contributed by atoms with Crippen molar-refractivity contribution in [2.45, 2.75) is 25.8 Å². The lowest BCUT2D eigenvalue weighted by molar-refractivity contribution is 0.268. The van der Waals surface area contributed by atoms with E-state index in [1.54, 1.807) is 0 Å². The smallest absolute Gasteiger partial charge is 0.0624 e. The largest absolute Gasteiger partial charge is 0.394 e. The molecule has 3 N–H and O–H groups in total. The van der Waals surface area contributed by atoms with Gasteiger partial charge in [0.05, 0.1) is 12.6 Å². The maximum Gasteiger partial charge on any atom is 0.0624 e. The van der Waals surface area contributed by atoms with Crippen molar-refractivity contribution >= 4 is 17.3 Å². The number of halogens is 1. The molecule has 0 amide bonds. The topological polar surface area (TPSA) is 49.5 Å². The summed E-state index contributed by atoms with van der Waals surface area (Å²) in [4.78, 5) is 2.36. The van der Waals surface area contributed by atoms with Gasteiger partial charge in [0.25, 0.3) is 0 Å². The van der Waals surface area contributed by atoms with E-state index in [1.165, 1.54) is 24.1 Å². The van der Waals surface area contributed by atoms with Crippen molar-refractivity contribution in [1.82, 2.24) is 0 Å². The summed E-state index contributed by atoms with van der Waals surface area (Å²) >= 11 is 6.24. The van der Waals surface area contributed by atoms with E-state index in [9.17, 15) is 0 Å². The number of nitrogens with zero attached hydrogens (tertiary/aromatic N) is 1. The van der Waals surface area contributed by atoms with Gasteiger partial charge in [-0.2, -0.15) is 0 Å². The molecular weight excluding hydrogens is 236 g/mol. The fourth-order valence-corrected chi connectivity index (χ4v) is 2.67. The number of hydrogen-bond acceptors (Lipinski definition) is 3. The first-order valence-electron chi connectivity index (χ1n) is 6.05. The molecule has 94 valence electrons. The van der Waals surface area contributed by atoms with Crippen molar-refractivity contribution in [2.75, 3.05) is 24.6 Å². The number of aliphatic hydroxyl groups excluding tert-OH is 1. The third-order valence-corrected chi connectivity index (χ3v) is 3.69. The summed E-state index contributed by atoms with van der Waals surface area (Å²) in [6.45, 7) is 4.19. The average molecular weight is 255 g/mol. The number of aryl methyl sites for hydroxylation is 1. The quantitative estimate of drug-likeness (QED) is 0.870. The Morgan fingerprint density at radius 3 is 2.65 bits per heavy atom. The molecule has 0 radical (unpaired) electrons. The van der Waals surface area contributed by atoms with Crippen molar-refractivity contribution in [1.29, 1.82) is 0 Å². The standard InChI is InChI=1S/C13H19ClN2O/c1-9-6-10(12(15)8-17)11(14)7-13(9)16-4-2-3-5-16/h6-7,12,17H,2-5,8,15H2,1H3/t12-/m1/s1. The zero-order valence-corrected chi connectivity index (χ0v) is 10.9. The first-order chi connectivity index (χ1) is 8.13. The second-order valence-electron chi connectivity index (χ2n) is 4.64. The third kappa shape index (κ3) is 2.57. The summed E-state index contributed by atoms with van der Waals surface area (Å²) in [7, 11) is 0. The first kappa shape index (κ1) is 12.7. The van der Waals surface area contributed by atoms with Gasteiger partial charge >= 0.3 is 0 Å². The van der Waals surface area contributed by atoms with Gasteiger partial charge in [-0.1, -0.05) is 17.7 Å². The van der Waals surface area contributed by atoms with Crippen molar-refractivity contribution < 1.29 is 5.11 Å². The molecule has 4 heteroatoms. The van der Waals surface area contributed by atoms with Crippen molar-refractivity contribution in [3.8, 4) is 0 Å². The van der Waals surface area contributed by atoms with E-state index in [-0.39, 0.29) is 6.61 Å². The van der Waals surface area contributed by atoms with E-state index in [0.29, 0.717) is 5.02 Å². The zero-order chi connectivity index (χ0) is 12.4. The number of anilines is 1. The summed E-state index contributed by atoms with van der Waals surface area (Å²) in [5.74, 6) is 0. The fourth-order valence-electron chi connectivity index (χ4n) is 2.37. The molecule has 1 saturated heterocycles. The number of benzene rings is 1. The Hall–Kier alpha value is -0.770. The van der Waals surface area contributed by atoms with Gasteiger partial charge in [-0.05, 0) is 37.0 Å². The van der Waals surface area contributed by atoms with Crippen LogP contribution in [0.15, 0.2) is 12.1 Å². The van der Waals surface area contributed by atoms with Crippen LogP contribution in [-0.2, 0) is 0 Å². The Morgan fingerprint density at radius 2 is 2.06 bits per heavy atom. The van der Waals surface area contributed by atoms with Crippen LogP contribution in [-0.4, -0.2) is 24.8 Å². The first-order valence-corrected chi connectivity index (χ1v) is 6.42. The number of rotatable bonds is 3. The van der Waals surface area contributed by atoms with Crippen LogP contribution in [0.4, 0.5) is 5.69 Å². The second kappa shape index (κ2) is 5.25. The number of aliphatic hydroxyl groups is 1. The molecule has 1 aromatic carbocycles. The lowest BCUT2D eigenvalue weighted by Gasteiger charge is -2.22. The minimum atomic E-state index is -0.395. The van der Waals surface area contributed by atoms with Crippen LogP contribution in [0, 0.1) is 6.92 Å². The summed E-state index contributed by atoms with van der Waals surface area (Å²) in [6.07, 6.45) is 2.49. The molecule has 1 heterocycles. The molecule has 1 aromatic rings. The van der Waals surface area contributed by atoms with Crippen LogP contribution in [0.1, 0.15) is 30.0 Å². The summed E-state index contributed by atoms with van der Waals surface area (Å²) < 4.78 is 0. The lowest BCUT2D eigenvalue weighted by Crippen LogP contribution is -2.20. The Bertz CT molecular complexity index is 403. The van der Waals surface area contributed by atoms with Gasteiger partial charge in [0, 0.05) is 23.8 Å². The van der Waals surface area contributed by atoms with Crippen LogP contribution in [0.3, 0.4) is 0 Å². The predicted octanol–water partition coefficient (Wildman–Crippen LogP) is 2.24. The normalized spacial score (nSPS) is 17.5. The summed E-state index contributed by atoms with van der Waals surface area (Å²) in [5, 5.41) is 9.74. The zero-order valence-electron chi connectivity index (χ0n) is 10.1. The van der Waals surface area contributed by atoms with Gasteiger partial charge in [-0.15, -0.1) is 0 Å². The summed E-state index contributed by atoms with van der Waals surface area (Å²) in [6, 6.07) is 3.58. The van der Waals surface area contributed by atoms with Crippen LogP contribution < -0.4 is 10.6 Å².